The second kappa shape index (κ2) is 9.07. The van der Waals surface area contributed by atoms with E-state index < -0.39 is 17.0 Å². The molecule has 1 aliphatic rings. The van der Waals surface area contributed by atoms with E-state index in [-0.39, 0.29) is 29.6 Å². The smallest absolute Gasteiger partial charge is 0.294 e. The van der Waals surface area contributed by atoms with Crippen LogP contribution in [0.15, 0.2) is 72.9 Å². The lowest BCUT2D eigenvalue weighted by atomic mass is 10.1. The van der Waals surface area contributed by atoms with Gasteiger partial charge in [-0.15, -0.1) is 0 Å². The zero-order valence-electron chi connectivity index (χ0n) is 18.0. The molecular weight excluding hydrogens is 568 g/mol. The number of nitrogens with two attached hydrogens (primary N) is 1. The summed E-state index contributed by atoms with van der Waals surface area (Å²) < 4.78 is 22.2. The van der Waals surface area contributed by atoms with Crippen molar-refractivity contribution in [1.82, 2.24) is 9.78 Å². The summed E-state index contributed by atoms with van der Waals surface area (Å²) >= 11 is 2.21. The summed E-state index contributed by atoms with van der Waals surface area (Å²) in [6.07, 6.45) is 0.825. The zero-order chi connectivity index (χ0) is 24.7. The number of nitrogen functional groups attached to an aromatic ring is 1. The third-order valence-electron chi connectivity index (χ3n) is 5.57. The molecule has 1 atom stereocenters. The quantitative estimate of drug-likeness (QED) is 0.155. The van der Waals surface area contributed by atoms with Gasteiger partial charge in [-0.1, -0.05) is 0 Å². The number of carbonyl (C=O) groups is 1. The Bertz CT molecular complexity index is 1440. The van der Waals surface area contributed by atoms with Gasteiger partial charge in [-0.2, -0.15) is 5.10 Å². The standard InChI is InChI=1S/C24H17FIN5O4/c25-15-3-1-14(2-4-15)23-19(12-29(28-23)17-7-5-16(26)6-8-17)24-30(22(32)13-35-24)18-9-10-20(27)21(11-18)31(33)34/h1-12,24H,13,27H2. The maximum absolute atomic E-state index is 13.6. The maximum Gasteiger partial charge on any atom is 0.294 e. The van der Waals surface area contributed by atoms with Crippen LogP contribution in [0.1, 0.15) is 11.8 Å². The average Bonchev–Trinajstić information content (AvgIpc) is 3.44. The van der Waals surface area contributed by atoms with Crippen LogP contribution < -0.4 is 10.6 Å². The fourth-order valence-electron chi connectivity index (χ4n) is 3.90. The van der Waals surface area contributed by atoms with E-state index in [0.717, 1.165) is 9.26 Å². The number of ether oxygens (including phenoxy) is 1. The Morgan fingerprint density at radius 3 is 2.46 bits per heavy atom. The number of nitro groups is 1. The lowest BCUT2D eigenvalue weighted by Gasteiger charge is -2.23. The molecule has 5 rings (SSSR count). The summed E-state index contributed by atoms with van der Waals surface area (Å²) in [6, 6.07) is 17.7. The number of hydrogen-bond acceptors (Lipinski definition) is 6. The molecule has 1 fully saturated rings. The number of rotatable bonds is 5. The van der Waals surface area contributed by atoms with Crippen molar-refractivity contribution < 1.29 is 18.8 Å². The molecule has 0 saturated carbocycles. The van der Waals surface area contributed by atoms with Crippen LogP contribution in [-0.2, 0) is 9.53 Å². The molecule has 0 spiro atoms. The van der Waals surface area contributed by atoms with E-state index in [1.54, 1.807) is 23.0 Å². The molecule has 1 saturated heterocycles. The molecule has 4 aromatic rings. The number of carbonyl (C=O) groups excluding carboxylic acids is 1. The molecule has 1 amide bonds. The van der Waals surface area contributed by atoms with Crippen molar-refractivity contribution >= 4 is 45.6 Å². The Morgan fingerprint density at radius 2 is 1.77 bits per heavy atom. The number of anilines is 2. The minimum absolute atomic E-state index is 0.0126. The molecule has 176 valence electrons. The fourth-order valence-corrected chi connectivity index (χ4v) is 4.26. The molecular formula is C24H17FIN5O4. The lowest BCUT2D eigenvalue weighted by Crippen LogP contribution is -2.28. The topological polar surface area (TPSA) is 117 Å². The van der Waals surface area contributed by atoms with Gasteiger partial charge in [-0.05, 0) is 83.3 Å². The Hall–Kier alpha value is -3.84. The van der Waals surface area contributed by atoms with Crippen LogP contribution in [0.3, 0.4) is 0 Å². The number of benzene rings is 3. The molecule has 1 unspecified atom stereocenters. The number of nitro benzene ring substituents is 1. The summed E-state index contributed by atoms with van der Waals surface area (Å²) in [5.74, 6) is -0.767. The van der Waals surface area contributed by atoms with E-state index in [1.807, 2.05) is 24.3 Å². The zero-order valence-corrected chi connectivity index (χ0v) is 20.1. The maximum atomic E-state index is 13.6. The first kappa shape index (κ1) is 22.9. The number of nitrogens with zero attached hydrogens (tertiary/aromatic N) is 4. The van der Waals surface area contributed by atoms with Crippen molar-refractivity contribution in [3.63, 3.8) is 0 Å². The summed E-state index contributed by atoms with van der Waals surface area (Å²) in [5, 5.41) is 16.1. The molecule has 3 aromatic carbocycles. The van der Waals surface area contributed by atoms with Crippen LogP contribution >= 0.6 is 22.6 Å². The van der Waals surface area contributed by atoms with Crippen LogP contribution in [0.5, 0.6) is 0 Å². The molecule has 0 aliphatic carbocycles. The highest BCUT2D eigenvalue weighted by molar-refractivity contribution is 14.1. The largest absolute Gasteiger partial charge is 0.393 e. The minimum atomic E-state index is -0.914. The van der Waals surface area contributed by atoms with Gasteiger partial charge in [0.25, 0.3) is 11.6 Å². The van der Waals surface area contributed by atoms with Gasteiger partial charge in [0.1, 0.15) is 23.8 Å². The van der Waals surface area contributed by atoms with Gasteiger partial charge >= 0.3 is 0 Å². The molecule has 2 N–H and O–H groups in total. The van der Waals surface area contributed by atoms with Crippen molar-refractivity contribution in [1.29, 1.82) is 0 Å². The van der Waals surface area contributed by atoms with Crippen molar-refractivity contribution in [3.8, 4) is 16.9 Å². The Kier molecular flexibility index (Phi) is 5.94. The molecule has 0 radical (unpaired) electrons. The molecule has 0 bridgehead atoms. The predicted octanol–water partition coefficient (Wildman–Crippen LogP) is 4.84. The third kappa shape index (κ3) is 4.35. The molecule has 1 aromatic heterocycles. The van der Waals surface area contributed by atoms with Crippen molar-refractivity contribution in [2.24, 2.45) is 0 Å². The highest BCUT2D eigenvalue weighted by Gasteiger charge is 2.38. The van der Waals surface area contributed by atoms with Gasteiger partial charge in [0.2, 0.25) is 0 Å². The highest BCUT2D eigenvalue weighted by atomic mass is 127. The van der Waals surface area contributed by atoms with E-state index in [4.69, 9.17) is 15.6 Å². The van der Waals surface area contributed by atoms with E-state index in [2.05, 4.69) is 22.6 Å². The minimum Gasteiger partial charge on any atom is -0.393 e. The van der Waals surface area contributed by atoms with E-state index in [0.29, 0.717) is 16.8 Å². The van der Waals surface area contributed by atoms with Crippen LogP contribution in [0.25, 0.3) is 16.9 Å². The normalized spacial score (nSPS) is 15.5. The summed E-state index contributed by atoms with van der Waals surface area (Å²) in [7, 11) is 0. The number of halogens is 2. The second-order valence-electron chi connectivity index (χ2n) is 7.79. The van der Waals surface area contributed by atoms with E-state index in [1.165, 1.54) is 35.2 Å². The highest BCUT2D eigenvalue weighted by Crippen LogP contribution is 2.39. The van der Waals surface area contributed by atoms with E-state index >= 15 is 0 Å². The lowest BCUT2D eigenvalue weighted by molar-refractivity contribution is -0.383. The summed E-state index contributed by atoms with van der Waals surface area (Å²) in [5.41, 5.74) is 8.11. The van der Waals surface area contributed by atoms with Crippen molar-refractivity contribution in [2.75, 3.05) is 17.2 Å². The molecule has 1 aliphatic heterocycles. The van der Waals surface area contributed by atoms with Gasteiger partial charge in [0.15, 0.2) is 6.23 Å². The summed E-state index contributed by atoms with van der Waals surface area (Å²) in [4.78, 5) is 25.0. The van der Waals surface area contributed by atoms with Gasteiger partial charge in [-0.3, -0.25) is 19.8 Å². The Balaban J connectivity index is 1.65. The first-order valence-corrected chi connectivity index (χ1v) is 11.5. The Labute approximate surface area is 212 Å². The summed E-state index contributed by atoms with van der Waals surface area (Å²) in [6.45, 7) is -0.222. The number of amides is 1. The van der Waals surface area contributed by atoms with E-state index in [9.17, 15) is 19.3 Å². The second-order valence-corrected chi connectivity index (χ2v) is 9.03. The molecule has 35 heavy (non-hydrogen) atoms. The van der Waals surface area contributed by atoms with Gasteiger partial charge < -0.3 is 10.5 Å². The van der Waals surface area contributed by atoms with Crippen LogP contribution in [0.2, 0.25) is 0 Å². The number of aromatic nitrogens is 2. The van der Waals surface area contributed by atoms with Crippen LogP contribution in [0.4, 0.5) is 21.5 Å². The SMILES string of the molecule is Nc1ccc(N2C(=O)COC2c2cn(-c3ccc(I)cc3)nc2-c2ccc(F)cc2)cc1[N+](=O)[O-]. The first-order valence-electron chi connectivity index (χ1n) is 10.4. The molecule has 9 nitrogen and oxygen atoms in total. The number of hydrogen-bond donors (Lipinski definition) is 1. The van der Waals surface area contributed by atoms with Gasteiger partial charge in [0, 0.05) is 27.0 Å². The van der Waals surface area contributed by atoms with Gasteiger partial charge in [0.05, 0.1) is 16.3 Å². The molecule has 11 heteroatoms. The van der Waals surface area contributed by atoms with Crippen LogP contribution in [0, 0.1) is 19.5 Å². The fraction of sp³-hybridized carbons (Fsp3) is 0.0833. The Morgan fingerprint density at radius 1 is 1.09 bits per heavy atom. The predicted molar refractivity (Wildman–Crippen MR) is 135 cm³/mol. The van der Waals surface area contributed by atoms with Crippen molar-refractivity contribution in [3.05, 3.63) is 98.0 Å². The monoisotopic (exact) mass is 585 g/mol. The van der Waals surface area contributed by atoms with Gasteiger partial charge in [-0.25, -0.2) is 9.07 Å². The van der Waals surface area contributed by atoms with Crippen LogP contribution in [-0.4, -0.2) is 27.2 Å². The average molecular weight is 585 g/mol. The van der Waals surface area contributed by atoms with Crippen molar-refractivity contribution in [2.45, 2.75) is 6.23 Å². The molecule has 2 heterocycles. The first-order chi connectivity index (χ1) is 16.8. The third-order valence-corrected chi connectivity index (χ3v) is 6.29.